The van der Waals surface area contributed by atoms with Crippen LogP contribution in [0, 0.1) is 0 Å². The quantitative estimate of drug-likeness (QED) is 0.0275. The molecule has 135 heavy (non-hydrogen) atoms. The molecule has 0 spiro atoms. The third-order valence-corrected chi connectivity index (χ3v) is 24.3. The van der Waals surface area contributed by atoms with E-state index in [-0.39, 0.29) is 0 Å². The molecule has 60 heteroatoms. The van der Waals surface area contributed by atoms with Crippen LogP contribution in [0.1, 0.15) is 48.0 Å². The topological polar surface area (TPSA) is 933 Å². The Bertz CT molecular complexity index is 3820. The number of hydrogen-bond acceptors (Lipinski definition) is 53. The Kier molecular flexibility index (Phi) is 40.0. The second-order valence-corrected chi connectivity index (χ2v) is 33.9. The summed E-state index contributed by atoms with van der Waals surface area (Å²) in [7, 11) is 0. The molecule has 6 amide bonds. The highest BCUT2D eigenvalue weighted by molar-refractivity contribution is 5.77. The molecule has 10 aliphatic heterocycles. The maximum absolute atomic E-state index is 13.2. The van der Waals surface area contributed by atoms with Gasteiger partial charge >= 0.3 is 5.97 Å². The van der Waals surface area contributed by atoms with Crippen LogP contribution in [0.4, 0.5) is 0 Å². The van der Waals surface area contributed by atoms with Crippen LogP contribution in [0.15, 0.2) is 0 Å². The van der Waals surface area contributed by atoms with E-state index < -0.39 is 426 Å². The van der Waals surface area contributed by atoms with Gasteiger partial charge in [-0.25, -0.2) is 4.79 Å². The van der Waals surface area contributed by atoms with Crippen LogP contribution in [0.2, 0.25) is 0 Å². The summed E-state index contributed by atoms with van der Waals surface area (Å²) >= 11 is 0. The molecule has 10 saturated heterocycles. The number of carboxylic acid groups (broad SMARTS) is 1. The van der Waals surface area contributed by atoms with E-state index in [2.05, 4.69) is 31.9 Å². The lowest BCUT2D eigenvalue weighted by Crippen LogP contribution is -2.71. The Morgan fingerprint density at radius 3 is 1.01 bits per heavy atom. The highest BCUT2D eigenvalue weighted by atomic mass is 16.8. The second kappa shape index (κ2) is 48.5. The van der Waals surface area contributed by atoms with E-state index in [4.69, 9.17) is 90.0 Å². The van der Waals surface area contributed by atoms with Crippen LogP contribution in [-0.2, 0) is 124 Å². The van der Waals surface area contributed by atoms with Gasteiger partial charge in [0.1, 0.15) is 238 Å². The van der Waals surface area contributed by atoms with Crippen LogP contribution in [0.5, 0.6) is 0 Å². The fourth-order valence-corrected chi connectivity index (χ4v) is 17.3. The average Bonchev–Trinajstić information content (AvgIpc) is 0.766. The molecule has 60 nitrogen and oxygen atoms in total. The molecular weight excluding hydrogens is 1850 g/mol. The monoisotopic (exact) mass is 1970 g/mol. The van der Waals surface area contributed by atoms with E-state index in [0.29, 0.717) is 0 Å². The molecule has 0 aromatic rings. The van der Waals surface area contributed by atoms with Gasteiger partial charge in [0.05, 0.1) is 78.2 Å². The minimum atomic E-state index is -3.10. The summed E-state index contributed by atoms with van der Waals surface area (Å²) in [6, 6.07) is -11.1. The van der Waals surface area contributed by atoms with Gasteiger partial charge in [0.2, 0.25) is 35.4 Å². The Labute approximate surface area is 764 Å². The standard InChI is InChI=1S/C75H124N6O54/c1-18(90)76-35-24(96)7-75(74(115)116,135-61(35)41(98)25(97)8-82)118-17-34-45(102)52(109)55(112)70(127-34)130-59-31(14-88)125-68(40(51(59)108)81-23(6)95)133-63-53(110)43(100)27(10-84)121-72(63)117-16-33-46(103)62(56(113)71(126-33)131-60-32(15-89)123-67(38(50(60)107)79-21(4)93)128-57-29(12-86)119-65(114)36(48(57)105)77-19(2)91)132-73-64(54(111)44(101)28(11-85)122-73)134-69-39(80-22(5)94)49(106)58(30(13-87)124-69)129-66-37(78-20(3)92)47(104)42(99)26(9-83)120-66/h24-73,82-89,96-114H,7-17H2,1-6H3,(H,76,90)(H,77,91)(H,78,92)(H,79,93)(H,80,94)(H,81,95)(H,115,116)/t24-,25+,26+,27+,28+,29+,30+,31+,32+,33+,34+,35+,36+,37+,38+,39+,40+,41+,42-,43+,44+,45-,46+,47+,48+,49+,50+,51+,52-,53-,54-,55+,56-,57+,58+,59+,60+,61+,62-,63-,64-,65+,66-,67-,68-,69-,70-,71-,72-,73+,75+/m0/s1. The number of ether oxygens (including phenoxy) is 19. The fraction of sp³-hybridized carbons (Fsp3) is 0.907. The number of aliphatic carboxylic acids is 1. The van der Waals surface area contributed by atoms with E-state index in [1.807, 2.05) is 0 Å². The number of carboxylic acids is 1. The van der Waals surface area contributed by atoms with Gasteiger partial charge in [-0.15, -0.1) is 0 Å². The van der Waals surface area contributed by atoms with Gasteiger partial charge in [0, 0.05) is 48.0 Å². The third-order valence-electron chi connectivity index (χ3n) is 24.3. The molecule has 0 aromatic carbocycles. The van der Waals surface area contributed by atoms with Gasteiger partial charge in [-0.3, -0.25) is 28.8 Å². The van der Waals surface area contributed by atoms with Crippen LogP contribution in [-0.4, -0.2) is 563 Å². The van der Waals surface area contributed by atoms with Crippen molar-refractivity contribution in [2.45, 2.75) is 360 Å². The molecule has 10 rings (SSSR count). The highest BCUT2D eigenvalue weighted by Gasteiger charge is 2.63. The summed E-state index contributed by atoms with van der Waals surface area (Å²) in [4.78, 5) is 89.3. The Morgan fingerprint density at radius 1 is 0.304 bits per heavy atom. The lowest BCUT2D eigenvalue weighted by Gasteiger charge is -2.51. The van der Waals surface area contributed by atoms with Gasteiger partial charge in [-0.1, -0.05) is 0 Å². The van der Waals surface area contributed by atoms with Gasteiger partial charge in [0.25, 0.3) is 5.79 Å². The van der Waals surface area contributed by atoms with Crippen molar-refractivity contribution in [3.63, 3.8) is 0 Å². The van der Waals surface area contributed by atoms with E-state index >= 15 is 0 Å². The molecule has 0 unspecified atom stereocenters. The number of aliphatic hydroxyl groups excluding tert-OH is 27. The summed E-state index contributed by atoms with van der Waals surface area (Å²) in [6.07, 6.45) is -97.0. The zero-order valence-corrected chi connectivity index (χ0v) is 72.8. The van der Waals surface area contributed by atoms with Gasteiger partial charge in [-0.2, -0.15) is 0 Å². The zero-order valence-electron chi connectivity index (χ0n) is 72.8. The largest absolute Gasteiger partial charge is 0.477 e. The number of amides is 6. The molecule has 0 bridgehead atoms. The molecular formula is C75H124N6O54. The van der Waals surface area contributed by atoms with Crippen molar-refractivity contribution in [3.8, 4) is 0 Å². The van der Waals surface area contributed by atoms with E-state index in [1.54, 1.807) is 0 Å². The molecule has 10 aliphatic rings. The van der Waals surface area contributed by atoms with Crippen molar-refractivity contribution >= 4 is 41.4 Å². The third kappa shape index (κ3) is 25.2. The SMILES string of the molecule is CC(=O)N[C@@H]1[C@@H](O)[C@H](O[C@@H]2O[C@H](CO)[C@@H](O[C@@H]3O[C@H](CO[C@H]4O[C@H](CO)[C@@H](O)[C@H](O)[C@@H]4O[C@@H]4O[C@H](CO)[C@@H](O[C@@H]5O[C@H](CO[C@]6(C(=O)O)C[C@H](O)[C@@H](NC(C)=O)[C@H]([C@H](O)[C@H](O)CO)O6)[C@H](O)[C@H](O)[C@H]5O)[C@H](O)[C@H]4NC(C)=O)[C@@H](O)[C@H](O[C@H]4O[C@H](CO)[C@@H](O)[C@H](O)[C@@H]4O[C@@H]4O[C@H](CO)[C@@H](O[C@@H]5O[C@H](CO)[C@H](O)[C@H](O)[C@H]5NC(C)=O)[C@H](O)[C@H]4NC(C)=O)[C@@H]3O)[C@H](O)[C@H]2NC(C)=O)[C@@H](CO)O[C@H]1O. The molecule has 0 saturated carbocycles. The van der Waals surface area contributed by atoms with Crippen molar-refractivity contribution in [1.29, 1.82) is 0 Å². The first-order chi connectivity index (χ1) is 63.7. The molecule has 0 aromatic heterocycles. The van der Waals surface area contributed by atoms with Crippen molar-refractivity contribution < 1.29 is 267 Å². The Balaban J connectivity index is 0.959. The first-order valence-electron chi connectivity index (χ1n) is 42.7. The molecule has 0 aliphatic carbocycles. The van der Waals surface area contributed by atoms with Gasteiger partial charge in [-0.05, 0) is 0 Å². The molecule has 0 radical (unpaired) electrons. The number of rotatable bonds is 37. The molecule has 10 heterocycles. The lowest BCUT2D eigenvalue weighted by molar-refractivity contribution is -0.398. The van der Waals surface area contributed by atoms with Crippen molar-refractivity contribution in [2.24, 2.45) is 0 Å². The predicted molar refractivity (Wildman–Crippen MR) is 416 cm³/mol. The first-order valence-corrected chi connectivity index (χ1v) is 42.7. The van der Waals surface area contributed by atoms with Crippen LogP contribution >= 0.6 is 0 Å². The summed E-state index contributed by atoms with van der Waals surface area (Å²) in [6.45, 7) is -6.18. The highest BCUT2D eigenvalue weighted by Crippen LogP contribution is 2.42. The minimum absolute atomic E-state index is 0.816. The fourth-order valence-electron chi connectivity index (χ4n) is 17.3. The Hall–Kier alpha value is -5.55. The number of hydrogen-bond donors (Lipinski definition) is 34. The molecule has 778 valence electrons. The molecule has 51 atom stereocenters. The maximum atomic E-state index is 13.2. The summed E-state index contributed by atoms with van der Waals surface area (Å²) < 4.78 is 113. The van der Waals surface area contributed by atoms with E-state index in [1.165, 1.54) is 0 Å². The lowest BCUT2D eigenvalue weighted by atomic mass is 9.88. The maximum Gasteiger partial charge on any atom is 0.364 e. The van der Waals surface area contributed by atoms with Gasteiger partial charge < -0.3 is 265 Å². The van der Waals surface area contributed by atoms with Crippen molar-refractivity contribution in [1.82, 2.24) is 31.9 Å². The van der Waals surface area contributed by atoms with E-state index in [9.17, 15) is 177 Å². The zero-order chi connectivity index (χ0) is 99.9. The summed E-state index contributed by atoms with van der Waals surface area (Å²) in [5, 5.41) is 329. The van der Waals surface area contributed by atoms with Crippen LogP contribution in [0.25, 0.3) is 0 Å². The number of aliphatic hydroxyl groups is 27. The molecule has 34 N–H and O–H groups in total. The average molecular weight is 1970 g/mol. The first kappa shape index (κ1) is 111. The smallest absolute Gasteiger partial charge is 0.364 e. The van der Waals surface area contributed by atoms with Crippen LogP contribution < -0.4 is 31.9 Å². The summed E-state index contributed by atoms with van der Waals surface area (Å²) in [5.74, 6) is -10.7. The summed E-state index contributed by atoms with van der Waals surface area (Å²) in [5.41, 5.74) is 0. The number of carbonyl (C=O) groups is 7. The minimum Gasteiger partial charge on any atom is -0.477 e. The van der Waals surface area contributed by atoms with E-state index in [0.717, 1.165) is 41.5 Å². The van der Waals surface area contributed by atoms with Crippen LogP contribution in [0.3, 0.4) is 0 Å². The number of carbonyl (C=O) groups excluding carboxylic acids is 6. The second-order valence-electron chi connectivity index (χ2n) is 33.9. The predicted octanol–water partition coefficient (Wildman–Crippen LogP) is -22.7. The molecule has 10 fully saturated rings. The van der Waals surface area contributed by atoms with Gasteiger partial charge in [0.15, 0.2) is 56.6 Å². The Morgan fingerprint density at radius 2 is 0.607 bits per heavy atom. The van der Waals surface area contributed by atoms with Crippen molar-refractivity contribution in [3.05, 3.63) is 0 Å². The number of nitrogens with one attached hydrogen (secondary N) is 6. The van der Waals surface area contributed by atoms with Crippen molar-refractivity contribution in [2.75, 3.05) is 66.1 Å². The normalized spacial score (nSPS) is 46.4.